The molecule has 0 radical (unpaired) electrons. The second-order valence-electron chi connectivity index (χ2n) is 6.82. The zero-order valence-electron chi connectivity index (χ0n) is 16.2. The lowest BCUT2D eigenvalue weighted by Gasteiger charge is -2.36. The van der Waals surface area contributed by atoms with E-state index < -0.39 is 30.5 Å². The lowest BCUT2D eigenvalue weighted by Crippen LogP contribution is -2.50. The average molecular weight is 461 g/mol. The molecule has 4 nitrogen and oxygen atoms in total. The smallest absolute Gasteiger partial charge is 0.284 e. The summed E-state index contributed by atoms with van der Waals surface area (Å²) in [4.78, 5) is 19.1. The van der Waals surface area contributed by atoms with Crippen molar-refractivity contribution in [3.05, 3.63) is 65.2 Å². The van der Waals surface area contributed by atoms with E-state index in [9.17, 15) is 31.1 Å². The minimum Gasteiger partial charge on any atom is -0.284 e. The lowest BCUT2D eigenvalue weighted by atomic mass is 10.1. The van der Waals surface area contributed by atoms with Gasteiger partial charge < -0.3 is 0 Å². The molecule has 0 bridgehead atoms. The fourth-order valence-electron chi connectivity index (χ4n) is 2.87. The molecule has 3 rings (SSSR count). The molecule has 1 fully saturated rings. The van der Waals surface area contributed by atoms with Crippen LogP contribution in [-0.4, -0.2) is 34.7 Å². The molecule has 2 amide bonds. The molecule has 1 aliphatic heterocycles. The van der Waals surface area contributed by atoms with Crippen molar-refractivity contribution < 1.29 is 31.1 Å². The predicted octanol–water partition coefficient (Wildman–Crippen LogP) is 6.07. The molecule has 31 heavy (non-hydrogen) atoms. The minimum atomic E-state index is -4.55. The minimum absolute atomic E-state index is 0.0580. The highest BCUT2D eigenvalue weighted by atomic mass is 32.2. The maximum absolute atomic E-state index is 13.1. The molecule has 1 aliphatic rings. The van der Waals surface area contributed by atoms with Crippen LogP contribution >= 0.6 is 11.8 Å². The molecule has 0 spiro atoms. The maximum Gasteiger partial charge on any atom is 0.416 e. The number of nitrogens with zero attached hydrogens (tertiary/aromatic N) is 3. The van der Waals surface area contributed by atoms with Gasteiger partial charge in [0.15, 0.2) is 5.17 Å². The summed E-state index contributed by atoms with van der Waals surface area (Å²) in [5.41, 5.74) is 0.918. The van der Waals surface area contributed by atoms with Crippen molar-refractivity contribution in [3.63, 3.8) is 0 Å². The number of amides is 2. The highest BCUT2D eigenvalue weighted by molar-refractivity contribution is 8.14. The van der Waals surface area contributed by atoms with Gasteiger partial charge in [0.05, 0.1) is 18.0 Å². The summed E-state index contributed by atoms with van der Waals surface area (Å²) >= 11 is 0.952. The van der Waals surface area contributed by atoms with Crippen molar-refractivity contribution in [2.75, 3.05) is 17.3 Å². The summed E-state index contributed by atoms with van der Waals surface area (Å²) in [6.45, 7) is 0.154. The molecule has 166 valence electrons. The number of hydrogen-bond donors (Lipinski definition) is 0. The van der Waals surface area contributed by atoms with Crippen molar-refractivity contribution in [1.82, 2.24) is 4.90 Å². The van der Waals surface area contributed by atoms with Crippen LogP contribution in [0.4, 0.5) is 36.8 Å². The van der Waals surface area contributed by atoms with Gasteiger partial charge in [-0.25, -0.2) is 4.79 Å². The highest BCUT2D eigenvalue weighted by Crippen LogP contribution is 2.31. The predicted molar refractivity (Wildman–Crippen MR) is 107 cm³/mol. The van der Waals surface area contributed by atoms with Gasteiger partial charge in [-0.1, -0.05) is 36.0 Å². The third-order valence-electron chi connectivity index (χ3n) is 4.34. The molecule has 11 heteroatoms. The Morgan fingerprint density at radius 3 is 2.29 bits per heavy atom. The van der Waals surface area contributed by atoms with Crippen molar-refractivity contribution in [2.24, 2.45) is 4.99 Å². The van der Waals surface area contributed by atoms with Gasteiger partial charge in [-0.2, -0.15) is 26.3 Å². The van der Waals surface area contributed by atoms with Gasteiger partial charge in [0.2, 0.25) is 0 Å². The normalized spacial score (nSPS) is 16.9. The maximum atomic E-state index is 13.1. The standard InChI is InChI=1S/C20H17F6N3OS/c1-13-3-2-4-16(9-13)29-12-31-17(27-11-19(21,22)23)28(18(29)30)10-14-5-7-15(8-6-14)20(24,25)26/h2-9H,10-12H2,1H3. The monoisotopic (exact) mass is 461 g/mol. The van der Waals surface area contributed by atoms with Gasteiger partial charge in [-0.3, -0.25) is 14.8 Å². The first-order valence-electron chi connectivity index (χ1n) is 9.00. The van der Waals surface area contributed by atoms with Crippen LogP contribution in [-0.2, 0) is 12.7 Å². The first-order valence-corrected chi connectivity index (χ1v) is 9.98. The fraction of sp³-hybridized carbons (Fsp3) is 0.300. The Labute approximate surface area is 178 Å². The topological polar surface area (TPSA) is 35.9 Å². The summed E-state index contributed by atoms with van der Waals surface area (Å²) in [5.74, 6) is 0.0580. The number of carbonyl (C=O) groups excluding carboxylic acids is 1. The number of carbonyl (C=O) groups is 1. The number of halogens is 6. The molecular formula is C20H17F6N3OS. The lowest BCUT2D eigenvalue weighted by molar-refractivity contribution is -0.137. The summed E-state index contributed by atoms with van der Waals surface area (Å²) in [6.07, 6.45) is -9.07. The summed E-state index contributed by atoms with van der Waals surface area (Å²) in [6, 6.07) is 10.5. The quantitative estimate of drug-likeness (QED) is 0.519. The Bertz CT molecular complexity index is 972. The number of rotatable bonds is 4. The Hall–Kier alpha value is -2.69. The first kappa shape index (κ1) is 23.0. The number of thioether (sulfide) groups is 1. The second-order valence-corrected chi connectivity index (χ2v) is 7.73. The molecular weight excluding hydrogens is 444 g/mol. The third kappa shape index (κ3) is 5.93. The van der Waals surface area contributed by atoms with Crippen LogP contribution in [0.3, 0.4) is 0 Å². The molecule has 1 heterocycles. The first-order chi connectivity index (χ1) is 14.4. The Kier molecular flexibility index (Phi) is 6.54. The van der Waals surface area contributed by atoms with E-state index in [-0.39, 0.29) is 17.6 Å². The second kappa shape index (κ2) is 8.81. The molecule has 1 saturated heterocycles. The number of aliphatic imine (C=N–C) groups is 1. The van der Waals surface area contributed by atoms with Gasteiger partial charge in [-0.15, -0.1) is 0 Å². The summed E-state index contributed by atoms with van der Waals surface area (Å²) in [7, 11) is 0. The number of aryl methyl sites for hydroxylation is 1. The number of anilines is 1. The van der Waals surface area contributed by atoms with Gasteiger partial charge in [0.25, 0.3) is 0 Å². The number of amidine groups is 1. The molecule has 0 aromatic heterocycles. The largest absolute Gasteiger partial charge is 0.416 e. The van der Waals surface area contributed by atoms with E-state index in [1.54, 1.807) is 18.2 Å². The van der Waals surface area contributed by atoms with Crippen LogP contribution in [0.1, 0.15) is 16.7 Å². The third-order valence-corrected chi connectivity index (χ3v) is 5.34. The molecule has 2 aromatic rings. The van der Waals surface area contributed by atoms with E-state index >= 15 is 0 Å². The van der Waals surface area contributed by atoms with Gasteiger partial charge >= 0.3 is 18.4 Å². The highest BCUT2D eigenvalue weighted by Gasteiger charge is 2.35. The van der Waals surface area contributed by atoms with E-state index in [0.717, 1.165) is 34.4 Å². The summed E-state index contributed by atoms with van der Waals surface area (Å²) in [5, 5.41) is -0.133. The Morgan fingerprint density at radius 1 is 1.03 bits per heavy atom. The zero-order valence-corrected chi connectivity index (χ0v) is 17.0. The van der Waals surface area contributed by atoms with E-state index in [0.29, 0.717) is 11.3 Å². The molecule has 0 atom stereocenters. The van der Waals surface area contributed by atoms with Gasteiger partial charge in [0.1, 0.15) is 6.54 Å². The van der Waals surface area contributed by atoms with E-state index in [4.69, 9.17) is 0 Å². The SMILES string of the molecule is Cc1cccc(N2CSC(=NCC(F)(F)F)N(Cc3ccc(C(F)(F)F)cc3)C2=O)c1. The van der Waals surface area contributed by atoms with Gasteiger partial charge in [0, 0.05) is 5.69 Å². The van der Waals surface area contributed by atoms with Gasteiger partial charge in [-0.05, 0) is 42.3 Å². The number of hydrogen-bond acceptors (Lipinski definition) is 3. The van der Waals surface area contributed by atoms with E-state index in [1.165, 1.54) is 17.0 Å². The van der Waals surface area contributed by atoms with Crippen LogP contribution < -0.4 is 4.90 Å². The Balaban J connectivity index is 1.90. The Morgan fingerprint density at radius 2 is 1.71 bits per heavy atom. The molecule has 0 aliphatic carbocycles. The molecule has 2 aromatic carbocycles. The fourth-order valence-corrected chi connectivity index (χ4v) is 3.83. The summed E-state index contributed by atoms with van der Waals surface area (Å²) < 4.78 is 76.4. The van der Waals surface area contributed by atoms with Crippen LogP contribution in [0.15, 0.2) is 53.5 Å². The van der Waals surface area contributed by atoms with E-state index in [1.807, 2.05) is 13.0 Å². The van der Waals surface area contributed by atoms with E-state index in [2.05, 4.69) is 4.99 Å². The molecule has 0 saturated carbocycles. The van der Waals surface area contributed by atoms with Crippen molar-refractivity contribution in [2.45, 2.75) is 25.8 Å². The van der Waals surface area contributed by atoms with Crippen molar-refractivity contribution >= 4 is 28.6 Å². The van der Waals surface area contributed by atoms with Crippen molar-refractivity contribution in [1.29, 1.82) is 0 Å². The van der Waals surface area contributed by atoms with Crippen LogP contribution in [0.25, 0.3) is 0 Å². The number of urea groups is 1. The van der Waals surface area contributed by atoms with Crippen LogP contribution in [0.2, 0.25) is 0 Å². The van der Waals surface area contributed by atoms with Crippen LogP contribution in [0.5, 0.6) is 0 Å². The van der Waals surface area contributed by atoms with Crippen LogP contribution in [0, 0.1) is 6.92 Å². The number of benzene rings is 2. The molecule has 0 N–H and O–H groups in total. The zero-order chi connectivity index (χ0) is 22.8. The molecule has 0 unspecified atom stereocenters. The number of alkyl halides is 6. The van der Waals surface area contributed by atoms with Crippen molar-refractivity contribution in [3.8, 4) is 0 Å². The average Bonchev–Trinajstić information content (AvgIpc) is 2.67.